The minimum atomic E-state index is -0.960. The summed E-state index contributed by atoms with van der Waals surface area (Å²) < 4.78 is 10.7. The van der Waals surface area contributed by atoms with Crippen molar-refractivity contribution in [2.45, 2.75) is 26.3 Å². The van der Waals surface area contributed by atoms with E-state index in [2.05, 4.69) is 11.9 Å². The van der Waals surface area contributed by atoms with E-state index in [9.17, 15) is 9.59 Å². The predicted molar refractivity (Wildman–Crippen MR) is 86.8 cm³/mol. The van der Waals surface area contributed by atoms with Crippen LogP contribution < -0.4 is 14.8 Å². The van der Waals surface area contributed by atoms with Crippen molar-refractivity contribution in [3.05, 3.63) is 36.4 Å². The lowest BCUT2D eigenvalue weighted by atomic mass is 10.0. The molecule has 1 aromatic carbocycles. The summed E-state index contributed by atoms with van der Waals surface area (Å²) in [5, 5.41) is 11.5. The first kappa shape index (κ1) is 18.5. The highest BCUT2D eigenvalue weighted by molar-refractivity contribution is 5.79. The van der Waals surface area contributed by atoms with Crippen LogP contribution in [0.15, 0.2) is 30.9 Å². The lowest BCUT2D eigenvalue weighted by Gasteiger charge is -2.18. The van der Waals surface area contributed by atoms with E-state index in [-0.39, 0.29) is 12.5 Å². The molecule has 0 radical (unpaired) electrons. The molecule has 2 atom stereocenters. The third-order valence-corrected chi connectivity index (χ3v) is 3.50. The Bertz CT molecular complexity index is 570. The minimum absolute atomic E-state index is 0.214. The zero-order valence-electron chi connectivity index (χ0n) is 13.7. The van der Waals surface area contributed by atoms with Crippen molar-refractivity contribution < 1.29 is 24.2 Å². The van der Waals surface area contributed by atoms with Crippen molar-refractivity contribution in [1.82, 2.24) is 5.32 Å². The molecule has 0 spiro atoms. The standard InChI is InChI=1S/C17H23NO5/c1-5-6-13-7-8-14(15(9-13)22-4)23-10-16(19)18-12(3)11(2)17(20)21/h5,7-9,11-12H,1,6,10H2,2-4H3,(H,18,19)(H,20,21). The number of aliphatic carboxylic acids is 1. The van der Waals surface area contributed by atoms with Gasteiger partial charge in [0.15, 0.2) is 18.1 Å². The van der Waals surface area contributed by atoms with Gasteiger partial charge < -0.3 is 19.9 Å². The van der Waals surface area contributed by atoms with Crippen LogP contribution >= 0.6 is 0 Å². The van der Waals surface area contributed by atoms with Crippen molar-refractivity contribution in [2.75, 3.05) is 13.7 Å². The molecule has 23 heavy (non-hydrogen) atoms. The molecule has 0 aliphatic rings. The lowest BCUT2D eigenvalue weighted by molar-refractivity contribution is -0.142. The molecule has 1 rings (SSSR count). The van der Waals surface area contributed by atoms with Gasteiger partial charge >= 0.3 is 5.97 Å². The monoisotopic (exact) mass is 321 g/mol. The average Bonchev–Trinajstić information content (AvgIpc) is 2.52. The summed E-state index contributed by atoms with van der Waals surface area (Å²) in [5.41, 5.74) is 1.03. The number of nitrogens with one attached hydrogen (secondary N) is 1. The van der Waals surface area contributed by atoms with Crippen LogP contribution in [0.25, 0.3) is 0 Å². The highest BCUT2D eigenvalue weighted by Crippen LogP contribution is 2.28. The number of rotatable bonds is 9. The zero-order valence-corrected chi connectivity index (χ0v) is 13.7. The zero-order chi connectivity index (χ0) is 17.4. The number of allylic oxidation sites excluding steroid dienone is 1. The SMILES string of the molecule is C=CCc1ccc(OCC(=O)NC(C)C(C)C(=O)O)c(OC)c1. The molecule has 1 aromatic rings. The number of hydrogen-bond acceptors (Lipinski definition) is 4. The highest BCUT2D eigenvalue weighted by Gasteiger charge is 2.21. The average molecular weight is 321 g/mol. The Morgan fingerprint density at radius 1 is 1.35 bits per heavy atom. The third kappa shape index (κ3) is 5.65. The molecule has 0 aromatic heterocycles. The fraction of sp³-hybridized carbons (Fsp3) is 0.412. The number of methoxy groups -OCH3 is 1. The van der Waals surface area contributed by atoms with E-state index < -0.39 is 17.9 Å². The Labute approximate surface area is 136 Å². The van der Waals surface area contributed by atoms with Gasteiger partial charge in [-0.1, -0.05) is 12.1 Å². The van der Waals surface area contributed by atoms with Gasteiger partial charge in [-0.05, 0) is 38.0 Å². The molecule has 0 fully saturated rings. The van der Waals surface area contributed by atoms with Gasteiger partial charge in [0.25, 0.3) is 5.91 Å². The second-order valence-electron chi connectivity index (χ2n) is 5.25. The topological polar surface area (TPSA) is 84.9 Å². The molecule has 0 aliphatic heterocycles. The van der Waals surface area contributed by atoms with E-state index in [0.29, 0.717) is 17.9 Å². The van der Waals surface area contributed by atoms with E-state index in [0.717, 1.165) is 5.56 Å². The number of carbonyl (C=O) groups is 2. The lowest BCUT2D eigenvalue weighted by Crippen LogP contribution is -2.42. The summed E-state index contributed by atoms with van der Waals surface area (Å²) in [6.07, 6.45) is 2.50. The number of amides is 1. The van der Waals surface area contributed by atoms with E-state index >= 15 is 0 Å². The first-order valence-corrected chi connectivity index (χ1v) is 7.31. The molecular weight excluding hydrogens is 298 g/mol. The van der Waals surface area contributed by atoms with Gasteiger partial charge in [0.2, 0.25) is 0 Å². The number of benzene rings is 1. The van der Waals surface area contributed by atoms with Gasteiger partial charge in [0, 0.05) is 6.04 Å². The van der Waals surface area contributed by atoms with Crippen LogP contribution in [0.1, 0.15) is 19.4 Å². The minimum Gasteiger partial charge on any atom is -0.493 e. The van der Waals surface area contributed by atoms with Gasteiger partial charge in [0.05, 0.1) is 13.0 Å². The molecule has 0 heterocycles. The van der Waals surface area contributed by atoms with Crippen LogP contribution in [0.2, 0.25) is 0 Å². The normalized spacial score (nSPS) is 12.8. The molecule has 126 valence electrons. The van der Waals surface area contributed by atoms with Gasteiger partial charge in [-0.2, -0.15) is 0 Å². The van der Waals surface area contributed by atoms with Crippen LogP contribution in [0.3, 0.4) is 0 Å². The highest BCUT2D eigenvalue weighted by atomic mass is 16.5. The van der Waals surface area contributed by atoms with E-state index in [1.165, 1.54) is 14.0 Å². The van der Waals surface area contributed by atoms with Crippen LogP contribution in [-0.2, 0) is 16.0 Å². The van der Waals surface area contributed by atoms with Crippen LogP contribution in [0, 0.1) is 5.92 Å². The molecule has 6 heteroatoms. The molecule has 1 amide bonds. The largest absolute Gasteiger partial charge is 0.493 e. The van der Waals surface area contributed by atoms with Gasteiger partial charge in [-0.15, -0.1) is 6.58 Å². The summed E-state index contributed by atoms with van der Waals surface area (Å²) >= 11 is 0. The maximum Gasteiger partial charge on any atom is 0.308 e. The van der Waals surface area contributed by atoms with Crippen molar-refractivity contribution in [1.29, 1.82) is 0 Å². The molecular formula is C17H23NO5. The van der Waals surface area contributed by atoms with Gasteiger partial charge in [-0.3, -0.25) is 9.59 Å². The Balaban J connectivity index is 2.62. The smallest absolute Gasteiger partial charge is 0.308 e. The second kappa shape index (κ2) is 8.82. The summed E-state index contributed by atoms with van der Waals surface area (Å²) in [4.78, 5) is 22.7. The predicted octanol–water partition coefficient (Wildman–Crippen LogP) is 2.03. The van der Waals surface area contributed by atoms with E-state index in [1.807, 2.05) is 12.1 Å². The number of ether oxygens (including phenoxy) is 2. The van der Waals surface area contributed by atoms with Crippen molar-refractivity contribution >= 4 is 11.9 Å². The van der Waals surface area contributed by atoms with Crippen LogP contribution in [0.5, 0.6) is 11.5 Å². The maximum atomic E-state index is 11.8. The Morgan fingerprint density at radius 2 is 2.04 bits per heavy atom. The summed E-state index contributed by atoms with van der Waals surface area (Å²) in [6.45, 7) is 6.64. The fourth-order valence-electron chi connectivity index (χ4n) is 1.90. The third-order valence-electron chi connectivity index (χ3n) is 3.50. The molecule has 2 unspecified atom stereocenters. The number of carboxylic acid groups (broad SMARTS) is 1. The molecule has 0 aliphatic carbocycles. The Kier molecular flexibility index (Phi) is 7.12. The molecule has 6 nitrogen and oxygen atoms in total. The van der Waals surface area contributed by atoms with Gasteiger partial charge in [0.1, 0.15) is 0 Å². The molecule has 0 saturated heterocycles. The van der Waals surface area contributed by atoms with Crippen molar-refractivity contribution in [3.8, 4) is 11.5 Å². The second-order valence-corrected chi connectivity index (χ2v) is 5.25. The van der Waals surface area contributed by atoms with Crippen molar-refractivity contribution in [3.63, 3.8) is 0 Å². The number of carbonyl (C=O) groups excluding carboxylic acids is 1. The van der Waals surface area contributed by atoms with Crippen LogP contribution in [-0.4, -0.2) is 36.7 Å². The summed E-state index contributed by atoms with van der Waals surface area (Å²) in [7, 11) is 1.52. The Morgan fingerprint density at radius 3 is 2.61 bits per heavy atom. The van der Waals surface area contributed by atoms with Crippen molar-refractivity contribution in [2.24, 2.45) is 5.92 Å². The first-order valence-electron chi connectivity index (χ1n) is 7.31. The first-order chi connectivity index (χ1) is 10.9. The number of hydrogen-bond donors (Lipinski definition) is 2. The fourth-order valence-corrected chi connectivity index (χ4v) is 1.90. The summed E-state index contributed by atoms with van der Waals surface area (Å²) in [5.74, 6) is -1.04. The maximum absolute atomic E-state index is 11.8. The Hall–Kier alpha value is -2.50. The quantitative estimate of drug-likeness (QED) is 0.680. The van der Waals surface area contributed by atoms with E-state index in [4.69, 9.17) is 14.6 Å². The number of carboxylic acids is 1. The van der Waals surface area contributed by atoms with Gasteiger partial charge in [-0.25, -0.2) is 0 Å². The summed E-state index contributed by atoms with van der Waals surface area (Å²) in [6, 6.07) is 4.94. The molecule has 2 N–H and O–H groups in total. The molecule has 0 saturated carbocycles. The van der Waals surface area contributed by atoms with Crippen LogP contribution in [0.4, 0.5) is 0 Å². The van der Waals surface area contributed by atoms with E-state index in [1.54, 1.807) is 19.1 Å². The molecule has 0 bridgehead atoms.